The number of hydrogen-bond acceptors (Lipinski definition) is 4. The third kappa shape index (κ3) is 4.82. The van der Waals surface area contributed by atoms with E-state index >= 15 is 0 Å². The fraction of sp³-hybridized carbons (Fsp3) is 0.692. The highest BCUT2D eigenvalue weighted by molar-refractivity contribution is 7.89. The molecule has 0 fully saturated rings. The summed E-state index contributed by atoms with van der Waals surface area (Å²) >= 11 is 0. The Hall–Kier alpha value is -1.41. The summed E-state index contributed by atoms with van der Waals surface area (Å²) in [6.45, 7) is 7.98. The molecule has 0 aliphatic carbocycles. The molecule has 0 radical (unpaired) electrons. The molecule has 120 valence electrons. The van der Waals surface area contributed by atoms with Crippen LogP contribution >= 0.6 is 0 Å². The predicted molar refractivity (Wildman–Crippen MR) is 78.5 cm³/mol. The highest BCUT2D eigenvalue weighted by Crippen LogP contribution is 2.14. The van der Waals surface area contributed by atoms with E-state index in [1.165, 1.54) is 6.20 Å². The molecule has 1 aromatic rings. The van der Waals surface area contributed by atoms with Crippen molar-refractivity contribution in [1.29, 1.82) is 0 Å². The molecule has 1 unspecified atom stereocenters. The van der Waals surface area contributed by atoms with Crippen molar-refractivity contribution >= 4 is 16.0 Å². The Labute approximate surface area is 125 Å². The monoisotopic (exact) mass is 317 g/mol. The standard InChI is InChI=1S/C13H23N3O4S/c1-5-6-16-8-12(14-10(16)4)21(19,20)15-11(9(2)3)7-13(17)18/h8-9,11,15H,5-7H2,1-4H3,(H,17,18). The van der Waals surface area contributed by atoms with Crippen molar-refractivity contribution in [3.63, 3.8) is 0 Å². The summed E-state index contributed by atoms with van der Waals surface area (Å²) in [7, 11) is -3.82. The maximum atomic E-state index is 12.3. The van der Waals surface area contributed by atoms with Gasteiger partial charge >= 0.3 is 5.97 Å². The minimum atomic E-state index is -3.82. The van der Waals surface area contributed by atoms with E-state index in [1.54, 1.807) is 25.3 Å². The number of hydrogen-bond donors (Lipinski definition) is 2. The van der Waals surface area contributed by atoms with Crippen molar-refractivity contribution in [3.05, 3.63) is 12.0 Å². The molecule has 0 bridgehead atoms. The van der Waals surface area contributed by atoms with Crippen LogP contribution in [-0.4, -0.2) is 35.1 Å². The minimum Gasteiger partial charge on any atom is -0.481 e. The van der Waals surface area contributed by atoms with E-state index in [1.807, 2.05) is 6.92 Å². The second-order valence-electron chi connectivity index (χ2n) is 5.39. The number of carboxylic acids is 1. The normalized spacial score (nSPS) is 13.6. The van der Waals surface area contributed by atoms with Gasteiger partial charge in [-0.2, -0.15) is 0 Å². The van der Waals surface area contributed by atoms with Gasteiger partial charge in [-0.25, -0.2) is 18.1 Å². The van der Waals surface area contributed by atoms with Gasteiger partial charge in [-0.15, -0.1) is 0 Å². The number of nitrogens with zero attached hydrogens (tertiary/aromatic N) is 2. The molecule has 8 heteroatoms. The van der Waals surface area contributed by atoms with Crippen molar-refractivity contribution in [2.75, 3.05) is 0 Å². The first-order valence-electron chi connectivity index (χ1n) is 6.95. The molecule has 1 rings (SSSR count). The molecule has 21 heavy (non-hydrogen) atoms. The van der Waals surface area contributed by atoms with Crippen LogP contribution in [0.3, 0.4) is 0 Å². The second-order valence-corrected chi connectivity index (χ2v) is 7.05. The summed E-state index contributed by atoms with van der Waals surface area (Å²) in [5, 5.41) is 8.80. The Bertz CT molecular complexity index is 593. The predicted octanol–water partition coefficient (Wildman–Crippen LogP) is 1.38. The SMILES string of the molecule is CCCn1cc(S(=O)(=O)NC(CC(=O)O)C(C)C)nc1C. The molecular formula is C13H23N3O4S. The lowest BCUT2D eigenvalue weighted by atomic mass is 10.0. The molecule has 0 saturated heterocycles. The smallest absolute Gasteiger partial charge is 0.304 e. The van der Waals surface area contributed by atoms with Gasteiger partial charge in [-0.05, 0) is 19.3 Å². The third-order valence-electron chi connectivity index (χ3n) is 3.20. The molecule has 1 aromatic heterocycles. The van der Waals surface area contributed by atoms with Crippen molar-refractivity contribution in [2.24, 2.45) is 5.92 Å². The average molecular weight is 317 g/mol. The second kappa shape index (κ2) is 7.04. The molecule has 7 nitrogen and oxygen atoms in total. The molecule has 0 aliphatic rings. The lowest BCUT2D eigenvalue weighted by molar-refractivity contribution is -0.137. The summed E-state index contributed by atoms with van der Waals surface area (Å²) < 4.78 is 28.8. The van der Waals surface area contributed by atoms with Gasteiger partial charge in [-0.3, -0.25) is 4.79 Å². The summed E-state index contributed by atoms with van der Waals surface area (Å²) in [6, 6.07) is -0.663. The quantitative estimate of drug-likeness (QED) is 0.754. The Morgan fingerprint density at radius 1 is 1.48 bits per heavy atom. The van der Waals surface area contributed by atoms with Crippen molar-refractivity contribution in [2.45, 2.75) is 58.1 Å². The topological polar surface area (TPSA) is 101 Å². The first kappa shape index (κ1) is 17.6. The zero-order valence-electron chi connectivity index (χ0n) is 12.8. The summed E-state index contributed by atoms with van der Waals surface area (Å²) in [5.41, 5.74) is 0. The summed E-state index contributed by atoms with van der Waals surface area (Å²) in [4.78, 5) is 14.9. The average Bonchev–Trinajstić information content (AvgIpc) is 2.70. The van der Waals surface area contributed by atoms with Crippen LogP contribution in [0.25, 0.3) is 0 Å². The van der Waals surface area contributed by atoms with Crippen molar-refractivity contribution in [3.8, 4) is 0 Å². The van der Waals surface area contributed by atoms with Crippen LogP contribution in [0.1, 0.15) is 39.4 Å². The molecule has 0 aliphatic heterocycles. The van der Waals surface area contributed by atoms with E-state index in [0.717, 1.165) is 6.42 Å². The maximum absolute atomic E-state index is 12.3. The lowest BCUT2D eigenvalue weighted by Gasteiger charge is -2.19. The van der Waals surface area contributed by atoms with Gasteiger partial charge in [0.2, 0.25) is 0 Å². The van der Waals surface area contributed by atoms with Gasteiger partial charge in [0.25, 0.3) is 10.0 Å². The van der Waals surface area contributed by atoms with Gasteiger partial charge in [-0.1, -0.05) is 20.8 Å². The summed E-state index contributed by atoms with van der Waals surface area (Å²) in [6.07, 6.45) is 2.10. The van der Waals surface area contributed by atoms with Gasteiger partial charge < -0.3 is 9.67 Å². The van der Waals surface area contributed by atoms with E-state index < -0.39 is 22.0 Å². The van der Waals surface area contributed by atoms with Gasteiger partial charge in [0.05, 0.1) is 6.42 Å². The zero-order chi connectivity index (χ0) is 16.2. The number of carbonyl (C=O) groups is 1. The van der Waals surface area contributed by atoms with Crippen LogP contribution in [-0.2, 0) is 21.4 Å². The number of carboxylic acid groups (broad SMARTS) is 1. The van der Waals surface area contributed by atoms with Crippen LogP contribution in [0.4, 0.5) is 0 Å². The molecule has 1 atom stereocenters. The lowest BCUT2D eigenvalue weighted by Crippen LogP contribution is -2.40. The van der Waals surface area contributed by atoms with E-state index in [-0.39, 0.29) is 17.4 Å². The largest absolute Gasteiger partial charge is 0.481 e. The highest BCUT2D eigenvalue weighted by Gasteiger charge is 2.26. The Kier molecular flexibility index (Phi) is 5.91. The first-order valence-corrected chi connectivity index (χ1v) is 8.43. The molecule has 0 aromatic carbocycles. The van der Waals surface area contributed by atoms with Gasteiger partial charge in [0.1, 0.15) is 5.82 Å². The molecule has 0 saturated carbocycles. The minimum absolute atomic E-state index is 0.0653. The third-order valence-corrected chi connectivity index (χ3v) is 4.56. The van der Waals surface area contributed by atoms with E-state index in [2.05, 4.69) is 9.71 Å². The molecule has 1 heterocycles. The molecule has 2 N–H and O–H groups in total. The van der Waals surface area contributed by atoms with E-state index in [0.29, 0.717) is 12.4 Å². The Morgan fingerprint density at radius 2 is 2.10 bits per heavy atom. The maximum Gasteiger partial charge on any atom is 0.304 e. The highest BCUT2D eigenvalue weighted by atomic mass is 32.2. The number of aromatic nitrogens is 2. The number of aryl methyl sites for hydroxylation is 2. The number of nitrogens with one attached hydrogen (secondary N) is 1. The van der Waals surface area contributed by atoms with Gasteiger partial charge in [0, 0.05) is 18.8 Å². The fourth-order valence-corrected chi connectivity index (χ4v) is 3.33. The van der Waals surface area contributed by atoms with E-state index in [9.17, 15) is 13.2 Å². The first-order chi connectivity index (χ1) is 9.67. The van der Waals surface area contributed by atoms with Gasteiger partial charge in [0.15, 0.2) is 5.03 Å². The van der Waals surface area contributed by atoms with E-state index in [4.69, 9.17) is 5.11 Å². The number of rotatable bonds is 8. The van der Waals surface area contributed by atoms with Crippen LogP contribution in [0.5, 0.6) is 0 Å². The number of sulfonamides is 1. The van der Waals surface area contributed by atoms with Crippen LogP contribution in [0, 0.1) is 12.8 Å². The Morgan fingerprint density at radius 3 is 2.57 bits per heavy atom. The molecular weight excluding hydrogens is 294 g/mol. The Balaban J connectivity index is 2.99. The number of aliphatic carboxylic acids is 1. The molecule has 0 amide bonds. The summed E-state index contributed by atoms with van der Waals surface area (Å²) in [5.74, 6) is -0.546. The molecule has 0 spiro atoms. The number of imidazole rings is 1. The van der Waals surface area contributed by atoms with Crippen LogP contribution < -0.4 is 4.72 Å². The fourth-order valence-electron chi connectivity index (χ4n) is 1.94. The van der Waals surface area contributed by atoms with Crippen molar-refractivity contribution in [1.82, 2.24) is 14.3 Å². The zero-order valence-corrected chi connectivity index (χ0v) is 13.6. The van der Waals surface area contributed by atoms with Crippen molar-refractivity contribution < 1.29 is 18.3 Å². The van der Waals surface area contributed by atoms with Crippen LogP contribution in [0.15, 0.2) is 11.2 Å². The van der Waals surface area contributed by atoms with Crippen LogP contribution in [0.2, 0.25) is 0 Å².